The largest absolute Gasteiger partial charge is 0.327 e. The van der Waals surface area contributed by atoms with Gasteiger partial charge in [-0.05, 0) is 56.7 Å². The fraction of sp³-hybridized carbons (Fsp3) is 0.529. The van der Waals surface area contributed by atoms with Gasteiger partial charge in [0, 0.05) is 36.6 Å². The smallest absolute Gasteiger partial charge is 0.0628 e. The molecule has 0 saturated heterocycles. The Hall–Kier alpha value is -1.68. The molecule has 4 nitrogen and oxygen atoms in total. The molecule has 4 heteroatoms. The SMILES string of the molecule is Cc1nn(C)c(C)c1CCC(N)C1CCc2cccnc21. The summed E-state index contributed by atoms with van der Waals surface area (Å²) in [6, 6.07) is 4.39. The zero-order valence-electron chi connectivity index (χ0n) is 13.1. The van der Waals surface area contributed by atoms with E-state index in [1.165, 1.54) is 22.5 Å². The van der Waals surface area contributed by atoms with Gasteiger partial charge < -0.3 is 5.73 Å². The Morgan fingerprint density at radius 3 is 2.95 bits per heavy atom. The molecule has 0 amide bonds. The number of pyridine rings is 1. The van der Waals surface area contributed by atoms with E-state index < -0.39 is 0 Å². The van der Waals surface area contributed by atoms with E-state index in [-0.39, 0.29) is 6.04 Å². The van der Waals surface area contributed by atoms with Gasteiger partial charge in [-0.15, -0.1) is 0 Å². The molecule has 0 aliphatic heterocycles. The topological polar surface area (TPSA) is 56.7 Å². The van der Waals surface area contributed by atoms with Crippen molar-refractivity contribution in [2.45, 2.75) is 51.5 Å². The number of fused-ring (bicyclic) bond motifs is 1. The molecule has 112 valence electrons. The highest BCUT2D eigenvalue weighted by molar-refractivity contribution is 5.30. The summed E-state index contributed by atoms with van der Waals surface area (Å²) in [5.74, 6) is 0.415. The van der Waals surface area contributed by atoms with E-state index in [0.717, 1.165) is 31.4 Å². The third kappa shape index (κ3) is 2.60. The average molecular weight is 284 g/mol. The van der Waals surface area contributed by atoms with Crippen molar-refractivity contribution in [1.82, 2.24) is 14.8 Å². The van der Waals surface area contributed by atoms with Gasteiger partial charge >= 0.3 is 0 Å². The summed E-state index contributed by atoms with van der Waals surface area (Å²) in [6.07, 6.45) is 6.14. The first-order valence-corrected chi connectivity index (χ1v) is 7.76. The van der Waals surface area contributed by atoms with Crippen LogP contribution in [0.2, 0.25) is 0 Å². The fourth-order valence-corrected chi connectivity index (χ4v) is 3.55. The second-order valence-electron chi connectivity index (χ2n) is 6.17. The standard InChI is InChI=1S/C17H24N4/c1-11-14(12(2)21(3)20-11)8-9-16(18)15-7-6-13-5-4-10-19-17(13)15/h4-5,10,15-16H,6-9,18H2,1-3H3. The van der Waals surface area contributed by atoms with E-state index in [0.29, 0.717) is 5.92 Å². The van der Waals surface area contributed by atoms with E-state index >= 15 is 0 Å². The minimum absolute atomic E-state index is 0.181. The summed E-state index contributed by atoms with van der Waals surface area (Å²) < 4.78 is 1.96. The zero-order valence-corrected chi connectivity index (χ0v) is 13.1. The van der Waals surface area contributed by atoms with Crippen LogP contribution < -0.4 is 5.73 Å². The lowest BCUT2D eigenvalue weighted by molar-refractivity contribution is 0.489. The van der Waals surface area contributed by atoms with Crippen molar-refractivity contribution < 1.29 is 0 Å². The third-order valence-corrected chi connectivity index (χ3v) is 4.91. The van der Waals surface area contributed by atoms with Crippen LogP contribution in [0.5, 0.6) is 0 Å². The molecular formula is C17H24N4. The molecule has 1 aliphatic carbocycles. The highest BCUT2D eigenvalue weighted by atomic mass is 15.3. The average Bonchev–Trinajstić information content (AvgIpc) is 3.00. The molecule has 2 aromatic heterocycles. The van der Waals surface area contributed by atoms with Crippen LogP contribution in [0.4, 0.5) is 0 Å². The first-order valence-electron chi connectivity index (χ1n) is 7.76. The van der Waals surface area contributed by atoms with Crippen LogP contribution in [-0.4, -0.2) is 20.8 Å². The van der Waals surface area contributed by atoms with Gasteiger partial charge in [-0.2, -0.15) is 5.10 Å². The fourth-order valence-electron chi connectivity index (χ4n) is 3.55. The summed E-state index contributed by atoms with van der Waals surface area (Å²) in [5.41, 5.74) is 12.8. The lowest BCUT2D eigenvalue weighted by Gasteiger charge is -2.19. The quantitative estimate of drug-likeness (QED) is 0.938. The molecule has 0 aromatic carbocycles. The molecule has 2 unspecified atom stereocenters. The molecule has 2 N–H and O–H groups in total. The van der Waals surface area contributed by atoms with Crippen LogP contribution in [0.1, 0.15) is 47.0 Å². The minimum atomic E-state index is 0.181. The van der Waals surface area contributed by atoms with Crippen LogP contribution in [0.25, 0.3) is 0 Å². The molecule has 0 bridgehead atoms. The Kier molecular flexibility index (Phi) is 3.81. The highest BCUT2D eigenvalue weighted by Crippen LogP contribution is 2.34. The van der Waals surface area contributed by atoms with Gasteiger partial charge in [-0.3, -0.25) is 9.67 Å². The maximum atomic E-state index is 6.48. The Balaban J connectivity index is 1.69. The maximum absolute atomic E-state index is 6.48. The number of aromatic nitrogens is 3. The molecule has 2 atom stereocenters. The van der Waals surface area contributed by atoms with Crippen molar-refractivity contribution in [3.63, 3.8) is 0 Å². The Morgan fingerprint density at radius 2 is 2.24 bits per heavy atom. The number of rotatable bonds is 4. The lowest BCUT2D eigenvalue weighted by atomic mass is 9.92. The Labute approximate surface area is 126 Å². The highest BCUT2D eigenvalue weighted by Gasteiger charge is 2.28. The van der Waals surface area contributed by atoms with Gasteiger partial charge in [0.1, 0.15) is 0 Å². The molecule has 21 heavy (non-hydrogen) atoms. The monoisotopic (exact) mass is 284 g/mol. The van der Waals surface area contributed by atoms with E-state index in [9.17, 15) is 0 Å². The second kappa shape index (κ2) is 5.60. The van der Waals surface area contributed by atoms with Gasteiger partial charge in [-0.1, -0.05) is 6.07 Å². The molecule has 0 spiro atoms. The summed E-state index contributed by atoms with van der Waals surface area (Å²) in [5, 5.41) is 4.49. The number of hydrogen-bond donors (Lipinski definition) is 1. The molecule has 1 aliphatic rings. The predicted molar refractivity (Wildman–Crippen MR) is 84.3 cm³/mol. The number of aryl methyl sites for hydroxylation is 3. The molecule has 0 saturated carbocycles. The Bertz CT molecular complexity index is 644. The predicted octanol–water partition coefficient (Wildman–Crippen LogP) is 2.42. The number of nitrogens with two attached hydrogens (primary N) is 1. The van der Waals surface area contributed by atoms with E-state index in [1.807, 2.05) is 24.0 Å². The van der Waals surface area contributed by atoms with Crippen LogP contribution in [0.3, 0.4) is 0 Å². The molecule has 2 aromatic rings. The van der Waals surface area contributed by atoms with Crippen molar-refractivity contribution in [2.24, 2.45) is 12.8 Å². The van der Waals surface area contributed by atoms with Crippen molar-refractivity contribution in [3.8, 4) is 0 Å². The van der Waals surface area contributed by atoms with Crippen LogP contribution >= 0.6 is 0 Å². The molecule has 3 rings (SSSR count). The molecule has 0 radical (unpaired) electrons. The zero-order chi connectivity index (χ0) is 15.0. The van der Waals surface area contributed by atoms with Gasteiger partial charge in [-0.25, -0.2) is 0 Å². The van der Waals surface area contributed by atoms with Gasteiger partial charge in [0.2, 0.25) is 0 Å². The number of hydrogen-bond acceptors (Lipinski definition) is 3. The number of nitrogens with zero attached hydrogens (tertiary/aromatic N) is 3. The van der Waals surface area contributed by atoms with Gasteiger partial charge in [0.05, 0.1) is 5.69 Å². The minimum Gasteiger partial charge on any atom is -0.327 e. The molecular weight excluding hydrogens is 260 g/mol. The van der Waals surface area contributed by atoms with E-state index in [1.54, 1.807) is 0 Å². The van der Waals surface area contributed by atoms with E-state index in [4.69, 9.17) is 5.73 Å². The lowest BCUT2D eigenvalue weighted by Crippen LogP contribution is -2.28. The van der Waals surface area contributed by atoms with Crippen LogP contribution in [0.15, 0.2) is 18.3 Å². The first kappa shape index (κ1) is 14.3. The molecule has 2 heterocycles. The van der Waals surface area contributed by atoms with Crippen molar-refractivity contribution in [1.29, 1.82) is 0 Å². The van der Waals surface area contributed by atoms with Crippen molar-refractivity contribution in [3.05, 3.63) is 46.5 Å². The van der Waals surface area contributed by atoms with Crippen molar-refractivity contribution >= 4 is 0 Å². The summed E-state index contributed by atoms with van der Waals surface area (Å²) >= 11 is 0. The maximum Gasteiger partial charge on any atom is 0.0628 e. The van der Waals surface area contributed by atoms with Crippen molar-refractivity contribution in [2.75, 3.05) is 0 Å². The Morgan fingerprint density at radius 1 is 1.43 bits per heavy atom. The summed E-state index contributed by atoms with van der Waals surface area (Å²) in [6.45, 7) is 4.22. The van der Waals surface area contributed by atoms with Crippen LogP contribution in [0, 0.1) is 13.8 Å². The first-order chi connectivity index (χ1) is 10.1. The van der Waals surface area contributed by atoms with Crippen LogP contribution in [-0.2, 0) is 19.9 Å². The second-order valence-corrected chi connectivity index (χ2v) is 6.17. The summed E-state index contributed by atoms with van der Waals surface area (Å²) in [4.78, 5) is 4.56. The summed E-state index contributed by atoms with van der Waals surface area (Å²) in [7, 11) is 2.00. The van der Waals surface area contributed by atoms with Gasteiger partial charge in [0.15, 0.2) is 0 Å². The third-order valence-electron chi connectivity index (χ3n) is 4.91. The molecule has 0 fully saturated rings. The van der Waals surface area contributed by atoms with Gasteiger partial charge in [0.25, 0.3) is 0 Å². The normalized spacial score (nSPS) is 18.8. The van der Waals surface area contributed by atoms with E-state index in [2.05, 4.69) is 30.0 Å².